The number of rotatable bonds is 8. The van der Waals surface area contributed by atoms with Crippen LogP contribution in [0.15, 0.2) is 72.1 Å². The predicted molar refractivity (Wildman–Crippen MR) is 132 cm³/mol. The molecule has 3 aromatic rings. The summed E-state index contributed by atoms with van der Waals surface area (Å²) in [6.45, 7) is 1.81. The molecule has 0 aromatic heterocycles. The van der Waals surface area contributed by atoms with E-state index in [1.165, 1.54) is 5.56 Å². The van der Waals surface area contributed by atoms with Crippen molar-refractivity contribution in [3.63, 3.8) is 0 Å². The smallest absolute Gasteiger partial charge is 0.349 e. The number of hydrogen-bond donors (Lipinski definition) is 1. The van der Waals surface area contributed by atoms with Gasteiger partial charge < -0.3 is 29.4 Å². The molecular formula is C28H26N2O6. The van der Waals surface area contributed by atoms with E-state index in [0.29, 0.717) is 28.6 Å². The highest BCUT2D eigenvalue weighted by Crippen LogP contribution is 2.45. The summed E-state index contributed by atoms with van der Waals surface area (Å²) in [5.74, 6) is 1.23. The van der Waals surface area contributed by atoms with Gasteiger partial charge in [-0.1, -0.05) is 31.2 Å². The van der Waals surface area contributed by atoms with Crippen LogP contribution in [0.3, 0.4) is 0 Å². The lowest BCUT2D eigenvalue weighted by Gasteiger charge is -2.27. The van der Waals surface area contributed by atoms with Crippen LogP contribution in [0, 0.1) is 11.3 Å². The Morgan fingerprint density at radius 3 is 2.39 bits per heavy atom. The zero-order valence-corrected chi connectivity index (χ0v) is 20.2. The van der Waals surface area contributed by atoms with E-state index in [1.54, 1.807) is 44.6 Å². The first kappa shape index (κ1) is 24.5. The molecule has 1 aliphatic heterocycles. The summed E-state index contributed by atoms with van der Waals surface area (Å²) < 4.78 is 27.4. The van der Waals surface area contributed by atoms with Crippen LogP contribution in [-0.2, 0) is 11.2 Å². The van der Waals surface area contributed by atoms with Gasteiger partial charge in [0, 0.05) is 11.6 Å². The summed E-state index contributed by atoms with van der Waals surface area (Å²) in [7, 11) is 3.09. The molecule has 1 heterocycles. The fraction of sp³-hybridized carbons (Fsp3) is 0.214. The van der Waals surface area contributed by atoms with Crippen molar-refractivity contribution in [3.05, 3.63) is 88.8 Å². The van der Waals surface area contributed by atoms with Gasteiger partial charge in [-0.25, -0.2) is 4.79 Å². The molecule has 0 amide bonds. The number of aryl methyl sites for hydroxylation is 1. The molecule has 4 rings (SSSR count). The standard InChI is InChI=1S/C28H26N2O6/c1-4-17-5-8-19(9-6-17)34-16-26(31)35-20-10-11-21-24(14-20)36-28(30)22(15-29)27(21)18-7-12-23(32-2)25(13-18)33-3/h5-14,27H,4,16,30H2,1-3H3. The van der Waals surface area contributed by atoms with E-state index in [9.17, 15) is 10.1 Å². The van der Waals surface area contributed by atoms with Gasteiger partial charge in [0.05, 0.1) is 20.1 Å². The first-order valence-corrected chi connectivity index (χ1v) is 11.3. The van der Waals surface area contributed by atoms with Crippen molar-refractivity contribution in [2.45, 2.75) is 19.3 Å². The third kappa shape index (κ3) is 5.05. The molecule has 8 nitrogen and oxygen atoms in total. The lowest BCUT2D eigenvalue weighted by molar-refractivity contribution is -0.136. The largest absolute Gasteiger partial charge is 0.493 e. The molecule has 1 unspecified atom stereocenters. The Bertz CT molecular complexity index is 1340. The topological polar surface area (TPSA) is 113 Å². The summed E-state index contributed by atoms with van der Waals surface area (Å²) in [4.78, 5) is 12.4. The fourth-order valence-corrected chi connectivity index (χ4v) is 4.00. The second-order valence-electron chi connectivity index (χ2n) is 8.00. The van der Waals surface area contributed by atoms with E-state index in [4.69, 9.17) is 29.4 Å². The first-order valence-electron chi connectivity index (χ1n) is 11.3. The molecule has 2 N–H and O–H groups in total. The number of nitriles is 1. The summed E-state index contributed by atoms with van der Waals surface area (Å²) in [6.07, 6.45) is 0.922. The van der Waals surface area contributed by atoms with Gasteiger partial charge in [-0.3, -0.25) is 0 Å². The first-order chi connectivity index (χ1) is 17.5. The van der Waals surface area contributed by atoms with Crippen molar-refractivity contribution in [1.82, 2.24) is 0 Å². The van der Waals surface area contributed by atoms with E-state index in [0.717, 1.165) is 12.0 Å². The minimum absolute atomic E-state index is 0.0212. The molecule has 3 aromatic carbocycles. The molecule has 0 fully saturated rings. The monoisotopic (exact) mass is 486 g/mol. The second-order valence-corrected chi connectivity index (χ2v) is 8.00. The second kappa shape index (κ2) is 10.7. The molecule has 8 heteroatoms. The van der Waals surface area contributed by atoms with Gasteiger partial charge in [0.1, 0.15) is 28.9 Å². The molecule has 184 valence electrons. The van der Waals surface area contributed by atoms with E-state index in [1.807, 2.05) is 30.3 Å². The van der Waals surface area contributed by atoms with Gasteiger partial charge >= 0.3 is 5.97 Å². The van der Waals surface area contributed by atoms with Crippen molar-refractivity contribution in [2.75, 3.05) is 20.8 Å². The van der Waals surface area contributed by atoms with E-state index >= 15 is 0 Å². The van der Waals surface area contributed by atoms with Crippen molar-refractivity contribution < 1.29 is 28.5 Å². The number of nitrogens with zero attached hydrogens (tertiary/aromatic N) is 1. The molecule has 1 atom stereocenters. The Kier molecular flexibility index (Phi) is 7.31. The maximum absolute atomic E-state index is 12.4. The van der Waals surface area contributed by atoms with E-state index < -0.39 is 11.9 Å². The van der Waals surface area contributed by atoms with Crippen LogP contribution in [0.5, 0.6) is 28.7 Å². The quantitative estimate of drug-likeness (QED) is 0.367. The van der Waals surface area contributed by atoms with Gasteiger partial charge in [-0.05, 0) is 47.9 Å². The van der Waals surface area contributed by atoms with E-state index in [-0.39, 0.29) is 23.8 Å². The number of allylic oxidation sites excluding steroid dienone is 1. The Morgan fingerprint density at radius 2 is 1.72 bits per heavy atom. The number of fused-ring (bicyclic) bond motifs is 1. The molecular weight excluding hydrogens is 460 g/mol. The number of ether oxygens (including phenoxy) is 5. The Balaban J connectivity index is 1.55. The van der Waals surface area contributed by atoms with E-state index in [2.05, 4.69) is 13.0 Å². The molecule has 0 aliphatic carbocycles. The maximum atomic E-state index is 12.4. The zero-order chi connectivity index (χ0) is 25.7. The summed E-state index contributed by atoms with van der Waals surface area (Å²) in [6, 6.07) is 20.0. The van der Waals surface area contributed by atoms with Crippen LogP contribution in [0.25, 0.3) is 0 Å². The summed E-state index contributed by atoms with van der Waals surface area (Å²) in [5, 5.41) is 9.79. The van der Waals surface area contributed by atoms with Crippen molar-refractivity contribution >= 4 is 5.97 Å². The van der Waals surface area contributed by atoms with Crippen LogP contribution in [0.2, 0.25) is 0 Å². The number of methoxy groups -OCH3 is 2. The normalized spacial score (nSPS) is 14.2. The van der Waals surface area contributed by atoms with Crippen molar-refractivity contribution in [2.24, 2.45) is 5.73 Å². The Morgan fingerprint density at radius 1 is 1.00 bits per heavy atom. The molecule has 0 spiro atoms. The molecule has 0 radical (unpaired) electrons. The number of nitrogens with two attached hydrogens (primary N) is 1. The van der Waals surface area contributed by atoms with Crippen molar-refractivity contribution in [1.29, 1.82) is 5.26 Å². The lowest BCUT2D eigenvalue weighted by atomic mass is 9.83. The third-order valence-electron chi connectivity index (χ3n) is 5.85. The summed E-state index contributed by atoms with van der Waals surface area (Å²) >= 11 is 0. The maximum Gasteiger partial charge on any atom is 0.349 e. The minimum Gasteiger partial charge on any atom is -0.493 e. The van der Waals surface area contributed by atoms with Gasteiger partial charge in [0.15, 0.2) is 18.1 Å². The molecule has 36 heavy (non-hydrogen) atoms. The number of benzene rings is 3. The lowest BCUT2D eigenvalue weighted by Crippen LogP contribution is -2.21. The average Bonchev–Trinajstić information content (AvgIpc) is 2.90. The number of carbonyl (C=O) groups excluding carboxylic acids is 1. The molecule has 1 aliphatic rings. The fourth-order valence-electron chi connectivity index (χ4n) is 4.00. The molecule has 0 bridgehead atoms. The number of esters is 1. The summed E-state index contributed by atoms with van der Waals surface area (Å²) in [5.41, 5.74) is 9.00. The highest BCUT2D eigenvalue weighted by atomic mass is 16.6. The number of hydrogen-bond acceptors (Lipinski definition) is 8. The Hall–Kier alpha value is -4.64. The molecule has 0 saturated carbocycles. The van der Waals surface area contributed by atoms with Crippen molar-refractivity contribution in [3.8, 4) is 34.8 Å². The van der Waals surface area contributed by atoms with Gasteiger partial charge in [-0.15, -0.1) is 0 Å². The van der Waals surface area contributed by atoms with Crippen LogP contribution < -0.4 is 29.4 Å². The SMILES string of the molecule is CCc1ccc(OCC(=O)Oc2ccc3c(c2)OC(N)=C(C#N)C3c2ccc(OC)c(OC)c2)cc1. The Labute approximate surface area is 209 Å². The van der Waals surface area contributed by atoms with Crippen LogP contribution in [-0.4, -0.2) is 26.8 Å². The van der Waals surface area contributed by atoms with Gasteiger partial charge in [0.25, 0.3) is 0 Å². The number of carbonyl (C=O) groups is 1. The average molecular weight is 487 g/mol. The van der Waals surface area contributed by atoms with Crippen LogP contribution >= 0.6 is 0 Å². The van der Waals surface area contributed by atoms with Gasteiger partial charge in [-0.2, -0.15) is 5.26 Å². The predicted octanol–water partition coefficient (Wildman–Crippen LogP) is 4.47. The van der Waals surface area contributed by atoms with Crippen LogP contribution in [0.1, 0.15) is 29.5 Å². The minimum atomic E-state index is -0.567. The van der Waals surface area contributed by atoms with Gasteiger partial charge in [0.2, 0.25) is 5.88 Å². The third-order valence-corrected chi connectivity index (χ3v) is 5.85. The highest BCUT2D eigenvalue weighted by Gasteiger charge is 2.31. The van der Waals surface area contributed by atoms with Crippen LogP contribution in [0.4, 0.5) is 0 Å². The zero-order valence-electron chi connectivity index (χ0n) is 20.2. The molecule has 0 saturated heterocycles. The highest BCUT2D eigenvalue weighted by molar-refractivity contribution is 5.74.